The van der Waals surface area contributed by atoms with Crippen molar-refractivity contribution in [2.75, 3.05) is 13.2 Å². The summed E-state index contributed by atoms with van der Waals surface area (Å²) in [6, 6.07) is 1.63. The second-order valence-electron chi connectivity index (χ2n) is 5.57. The molecule has 0 amide bonds. The van der Waals surface area contributed by atoms with Gasteiger partial charge in [0.2, 0.25) is 10.0 Å². The zero-order chi connectivity index (χ0) is 15.5. The normalized spacial score (nSPS) is 15.1. The van der Waals surface area contributed by atoms with Crippen LogP contribution >= 0.6 is 0 Å². The van der Waals surface area contributed by atoms with Gasteiger partial charge in [-0.25, -0.2) is 8.42 Å². The van der Waals surface area contributed by atoms with E-state index in [9.17, 15) is 8.42 Å². The summed E-state index contributed by atoms with van der Waals surface area (Å²) in [5.41, 5.74) is 0.491. The molecule has 1 N–H and O–H groups in total. The zero-order valence-corrected chi connectivity index (χ0v) is 13.1. The fraction of sp³-hybridized carbons (Fsp3) is 0.533. The smallest absolute Gasteiger partial charge is 0.244 e. The Bertz CT molecular complexity index is 655. The van der Waals surface area contributed by atoms with E-state index < -0.39 is 10.0 Å². The Morgan fingerprint density at radius 1 is 1.43 bits per heavy atom. The van der Waals surface area contributed by atoms with Crippen LogP contribution < -0.4 is 0 Å². The topological polar surface area (TPSA) is 70.5 Å². The van der Waals surface area contributed by atoms with Crippen molar-refractivity contribution in [3.8, 4) is 11.8 Å². The summed E-state index contributed by atoms with van der Waals surface area (Å²) >= 11 is 0. The number of rotatable bonds is 5. The molecule has 1 heterocycles. The molecule has 0 aliphatic heterocycles. The van der Waals surface area contributed by atoms with E-state index in [0.29, 0.717) is 12.1 Å². The number of hydrogen-bond acceptors (Lipinski definition) is 4. The Morgan fingerprint density at radius 3 is 2.71 bits per heavy atom. The van der Waals surface area contributed by atoms with Gasteiger partial charge in [-0.1, -0.05) is 25.7 Å². The van der Waals surface area contributed by atoms with E-state index in [0.717, 1.165) is 12.8 Å². The SMILES string of the molecule is CC(C)CN(C1CC1)S(=O)(=O)c1cncc(C#CCO)c1. The van der Waals surface area contributed by atoms with E-state index >= 15 is 0 Å². The molecule has 1 fully saturated rings. The highest BCUT2D eigenvalue weighted by Gasteiger charge is 2.38. The molecular formula is C15H20N2O3S. The minimum absolute atomic E-state index is 0.115. The molecule has 0 radical (unpaired) electrons. The largest absolute Gasteiger partial charge is 0.384 e. The average Bonchev–Trinajstić information content (AvgIpc) is 3.27. The lowest BCUT2D eigenvalue weighted by Gasteiger charge is -2.23. The van der Waals surface area contributed by atoms with Gasteiger partial charge in [-0.2, -0.15) is 4.31 Å². The third kappa shape index (κ3) is 4.03. The summed E-state index contributed by atoms with van der Waals surface area (Å²) in [6.07, 6.45) is 4.69. The van der Waals surface area contributed by atoms with Crippen molar-refractivity contribution < 1.29 is 13.5 Å². The van der Waals surface area contributed by atoms with Crippen LogP contribution in [-0.4, -0.2) is 42.0 Å². The van der Waals surface area contributed by atoms with Gasteiger partial charge in [0.25, 0.3) is 0 Å². The molecule has 5 nitrogen and oxygen atoms in total. The predicted octanol–water partition coefficient (Wildman–Crippen LogP) is 1.23. The minimum atomic E-state index is -3.54. The number of aromatic nitrogens is 1. The molecule has 0 atom stereocenters. The van der Waals surface area contributed by atoms with Crippen molar-refractivity contribution >= 4 is 10.0 Å². The van der Waals surface area contributed by atoms with Crippen molar-refractivity contribution in [2.24, 2.45) is 5.92 Å². The fourth-order valence-electron chi connectivity index (χ4n) is 2.07. The fourth-order valence-corrected chi connectivity index (χ4v) is 3.91. The van der Waals surface area contributed by atoms with Gasteiger partial charge < -0.3 is 5.11 Å². The number of sulfonamides is 1. The van der Waals surface area contributed by atoms with Crippen molar-refractivity contribution in [1.82, 2.24) is 9.29 Å². The van der Waals surface area contributed by atoms with E-state index in [-0.39, 0.29) is 23.5 Å². The summed E-state index contributed by atoms with van der Waals surface area (Å²) in [4.78, 5) is 4.12. The maximum absolute atomic E-state index is 12.8. The van der Waals surface area contributed by atoms with Crippen molar-refractivity contribution in [1.29, 1.82) is 0 Å². The molecule has 2 rings (SSSR count). The van der Waals surface area contributed by atoms with Crippen molar-refractivity contribution in [3.63, 3.8) is 0 Å². The van der Waals surface area contributed by atoms with Gasteiger partial charge in [0.1, 0.15) is 11.5 Å². The molecule has 0 saturated heterocycles. The molecule has 0 bridgehead atoms. The lowest BCUT2D eigenvalue weighted by molar-refractivity contribution is 0.350. The summed E-state index contributed by atoms with van der Waals surface area (Å²) in [7, 11) is -3.54. The molecule has 1 aromatic heterocycles. The zero-order valence-electron chi connectivity index (χ0n) is 12.3. The molecule has 6 heteroatoms. The van der Waals surface area contributed by atoms with Gasteiger partial charge in [0, 0.05) is 30.5 Å². The van der Waals surface area contributed by atoms with Crippen LogP contribution in [0.25, 0.3) is 0 Å². The molecule has 0 spiro atoms. The van der Waals surface area contributed by atoms with Gasteiger partial charge in [-0.3, -0.25) is 4.98 Å². The molecule has 21 heavy (non-hydrogen) atoms. The maximum atomic E-state index is 12.8. The number of hydrogen-bond donors (Lipinski definition) is 1. The molecule has 0 aromatic carbocycles. The second-order valence-corrected chi connectivity index (χ2v) is 7.46. The number of aliphatic hydroxyl groups is 1. The highest BCUT2D eigenvalue weighted by molar-refractivity contribution is 7.89. The van der Waals surface area contributed by atoms with E-state index in [2.05, 4.69) is 16.8 Å². The Morgan fingerprint density at radius 2 is 2.14 bits per heavy atom. The van der Waals surface area contributed by atoms with E-state index in [1.54, 1.807) is 4.31 Å². The molecule has 1 aromatic rings. The lowest BCUT2D eigenvalue weighted by Crippen LogP contribution is -2.36. The average molecular weight is 308 g/mol. The minimum Gasteiger partial charge on any atom is -0.384 e. The summed E-state index contributed by atoms with van der Waals surface area (Å²) in [5, 5.41) is 8.70. The summed E-state index contributed by atoms with van der Waals surface area (Å²) in [5.74, 6) is 5.45. The highest BCUT2D eigenvalue weighted by atomic mass is 32.2. The predicted molar refractivity (Wildman–Crippen MR) is 80.0 cm³/mol. The summed E-state index contributed by atoms with van der Waals surface area (Å²) < 4.78 is 27.1. The quantitative estimate of drug-likeness (QED) is 0.831. The van der Waals surface area contributed by atoms with Gasteiger partial charge in [0.05, 0.1) is 0 Å². The first-order chi connectivity index (χ1) is 9.95. The number of nitrogens with zero attached hydrogens (tertiary/aromatic N) is 2. The molecular weight excluding hydrogens is 288 g/mol. The van der Waals surface area contributed by atoms with Gasteiger partial charge >= 0.3 is 0 Å². The molecule has 0 unspecified atom stereocenters. The van der Waals surface area contributed by atoms with Crippen LogP contribution in [0.3, 0.4) is 0 Å². The maximum Gasteiger partial charge on any atom is 0.244 e. The van der Waals surface area contributed by atoms with Crippen LogP contribution in [0.2, 0.25) is 0 Å². The third-order valence-corrected chi connectivity index (χ3v) is 5.01. The van der Waals surface area contributed by atoms with E-state index in [1.807, 2.05) is 13.8 Å². The third-order valence-electron chi connectivity index (χ3n) is 3.13. The van der Waals surface area contributed by atoms with Crippen LogP contribution in [0.4, 0.5) is 0 Å². The monoisotopic (exact) mass is 308 g/mol. The molecule has 1 aliphatic rings. The van der Waals surface area contributed by atoms with Gasteiger partial charge in [-0.15, -0.1) is 0 Å². The van der Waals surface area contributed by atoms with Crippen LogP contribution in [0.15, 0.2) is 23.4 Å². The highest BCUT2D eigenvalue weighted by Crippen LogP contribution is 2.32. The Kier molecular flexibility index (Phi) is 4.99. The Labute approximate surface area is 126 Å². The summed E-state index contributed by atoms with van der Waals surface area (Å²) in [6.45, 7) is 4.26. The van der Waals surface area contributed by atoms with E-state index in [1.165, 1.54) is 18.5 Å². The Balaban J connectivity index is 2.33. The number of pyridine rings is 1. The first kappa shape index (κ1) is 16.0. The molecule has 1 saturated carbocycles. The first-order valence-electron chi connectivity index (χ1n) is 7.01. The first-order valence-corrected chi connectivity index (χ1v) is 8.45. The molecule has 114 valence electrons. The van der Waals surface area contributed by atoms with Crippen LogP contribution in [0.1, 0.15) is 32.3 Å². The van der Waals surface area contributed by atoms with E-state index in [4.69, 9.17) is 5.11 Å². The second kappa shape index (κ2) is 6.56. The van der Waals surface area contributed by atoms with Gasteiger partial charge in [0.15, 0.2) is 0 Å². The van der Waals surface area contributed by atoms with Crippen molar-refractivity contribution in [2.45, 2.75) is 37.6 Å². The Hall–Kier alpha value is -1.42. The van der Waals surface area contributed by atoms with Crippen LogP contribution in [-0.2, 0) is 10.0 Å². The van der Waals surface area contributed by atoms with Crippen molar-refractivity contribution in [3.05, 3.63) is 24.0 Å². The number of aliphatic hydroxyl groups excluding tert-OH is 1. The van der Waals surface area contributed by atoms with Gasteiger partial charge in [-0.05, 0) is 24.8 Å². The lowest BCUT2D eigenvalue weighted by atomic mass is 10.2. The standard InChI is InChI=1S/C15H20N2O3S/c1-12(2)11-17(14-5-6-14)21(19,20)15-8-13(4-3-7-18)9-16-10-15/h8-10,12,14,18H,5-7,11H2,1-2H3. The van der Waals surface area contributed by atoms with Crippen LogP contribution in [0, 0.1) is 17.8 Å². The van der Waals surface area contributed by atoms with Crippen LogP contribution in [0.5, 0.6) is 0 Å². The molecule has 1 aliphatic carbocycles.